The second-order valence-corrected chi connectivity index (χ2v) is 10.0. The highest BCUT2D eigenvalue weighted by Gasteiger charge is 2.45. The Morgan fingerprint density at radius 3 is 2.24 bits per heavy atom. The molecule has 224 valence electrons. The van der Waals surface area contributed by atoms with Gasteiger partial charge in [0.15, 0.2) is 23.0 Å². The minimum atomic E-state index is -1.35. The van der Waals surface area contributed by atoms with Gasteiger partial charge in [-0.2, -0.15) is 5.26 Å². The highest BCUT2D eigenvalue weighted by molar-refractivity contribution is 5.65. The topological polar surface area (TPSA) is 143 Å². The van der Waals surface area contributed by atoms with Crippen molar-refractivity contribution in [3.63, 3.8) is 0 Å². The van der Waals surface area contributed by atoms with E-state index in [1.807, 2.05) is 19.9 Å². The first kappa shape index (κ1) is 31.6. The molecule has 2 aromatic rings. The van der Waals surface area contributed by atoms with E-state index >= 15 is 0 Å². The maximum Gasteiger partial charge on any atom is 0.242 e. The number of methoxy groups -OCH3 is 4. The van der Waals surface area contributed by atoms with Crippen LogP contribution < -0.4 is 28.4 Å². The van der Waals surface area contributed by atoms with Gasteiger partial charge in [0.05, 0.1) is 46.3 Å². The van der Waals surface area contributed by atoms with Crippen molar-refractivity contribution < 1.29 is 38.5 Å². The monoisotopic (exact) mass is 572 g/mol. The summed E-state index contributed by atoms with van der Waals surface area (Å²) in [7, 11) is 5.91. The number of benzene rings is 2. The third-order valence-electron chi connectivity index (χ3n) is 7.97. The Hall–Kier alpha value is -3.91. The van der Waals surface area contributed by atoms with E-state index in [1.165, 1.54) is 28.4 Å². The first-order valence-electron chi connectivity index (χ1n) is 13.7. The molecule has 0 radical (unpaired) electrons. The van der Waals surface area contributed by atoms with Gasteiger partial charge in [0.1, 0.15) is 18.8 Å². The van der Waals surface area contributed by atoms with Crippen LogP contribution in [0.4, 0.5) is 0 Å². The van der Waals surface area contributed by atoms with Gasteiger partial charge in [-0.3, -0.25) is 10.1 Å². The Morgan fingerprint density at radius 2 is 1.71 bits per heavy atom. The van der Waals surface area contributed by atoms with Gasteiger partial charge in [0.2, 0.25) is 17.5 Å². The zero-order valence-corrected chi connectivity index (χ0v) is 24.5. The molecule has 1 aliphatic heterocycles. The molecule has 0 amide bonds. The molecule has 0 saturated heterocycles. The van der Waals surface area contributed by atoms with Crippen LogP contribution in [0, 0.1) is 27.4 Å². The van der Waals surface area contributed by atoms with Crippen LogP contribution in [0.5, 0.6) is 34.5 Å². The number of nitrogens with zero attached hydrogens (tertiary/aromatic N) is 2. The Bertz CT molecular complexity index is 1230. The molecule has 0 saturated carbocycles. The molecular weight excluding hydrogens is 532 g/mol. The minimum Gasteiger partial charge on any atom is -0.493 e. The van der Waals surface area contributed by atoms with E-state index < -0.39 is 28.6 Å². The van der Waals surface area contributed by atoms with Crippen LogP contribution in [-0.4, -0.2) is 63.3 Å². The van der Waals surface area contributed by atoms with Crippen LogP contribution in [0.15, 0.2) is 30.3 Å². The van der Waals surface area contributed by atoms with E-state index in [1.54, 1.807) is 24.3 Å². The lowest BCUT2D eigenvalue weighted by atomic mass is 9.65. The van der Waals surface area contributed by atoms with E-state index in [-0.39, 0.29) is 37.5 Å². The van der Waals surface area contributed by atoms with Crippen LogP contribution in [0.2, 0.25) is 0 Å². The Morgan fingerprint density at radius 1 is 1.07 bits per heavy atom. The van der Waals surface area contributed by atoms with E-state index in [9.17, 15) is 20.5 Å². The van der Waals surface area contributed by atoms with E-state index in [2.05, 4.69) is 6.07 Å². The summed E-state index contributed by atoms with van der Waals surface area (Å²) >= 11 is 0. The molecule has 1 aliphatic rings. The van der Waals surface area contributed by atoms with Crippen LogP contribution in [0.3, 0.4) is 0 Å². The Kier molecular flexibility index (Phi) is 10.9. The average Bonchev–Trinajstić information content (AvgIpc) is 3.00. The van der Waals surface area contributed by atoms with Gasteiger partial charge in [-0.15, -0.1) is 0 Å². The van der Waals surface area contributed by atoms with Gasteiger partial charge < -0.3 is 33.5 Å². The fourth-order valence-electron chi connectivity index (χ4n) is 5.82. The van der Waals surface area contributed by atoms with Crippen molar-refractivity contribution >= 4 is 0 Å². The average molecular weight is 573 g/mol. The standard InChI is InChI=1S/C30H40N2O9/c1-7-19(8-2)30(18-31,21-16-26(36-3)28(38-5)29(39-6)27(21)37-4)14-13-23(33)22(32(34)35)15-20-17-40-24-11-9-10-12-25(24)41-20/h9-12,16,19-20,22-23,33H,7-8,13-15,17H2,1-6H3. The van der Waals surface area contributed by atoms with Crippen molar-refractivity contribution in [3.05, 3.63) is 46.0 Å². The van der Waals surface area contributed by atoms with Crippen molar-refractivity contribution in [1.82, 2.24) is 0 Å². The van der Waals surface area contributed by atoms with Crippen LogP contribution in [0.25, 0.3) is 0 Å². The van der Waals surface area contributed by atoms with E-state index in [4.69, 9.17) is 28.4 Å². The molecule has 0 fully saturated rings. The Labute approximate surface area is 241 Å². The number of aliphatic hydroxyl groups is 1. The number of nitro groups is 1. The highest BCUT2D eigenvalue weighted by Crippen LogP contribution is 2.53. The van der Waals surface area contributed by atoms with Gasteiger partial charge in [-0.05, 0) is 37.0 Å². The van der Waals surface area contributed by atoms with Gasteiger partial charge >= 0.3 is 0 Å². The number of hydrogen-bond donors (Lipinski definition) is 1. The molecule has 1 heterocycles. The number of nitriles is 1. The summed E-state index contributed by atoms with van der Waals surface area (Å²) in [6, 6.07) is 9.99. The number of para-hydroxylation sites is 2. The molecule has 1 N–H and O–H groups in total. The lowest BCUT2D eigenvalue weighted by Gasteiger charge is -2.37. The normalized spacial score (nSPS) is 17.1. The predicted molar refractivity (Wildman–Crippen MR) is 151 cm³/mol. The maximum absolute atomic E-state index is 12.1. The van der Waals surface area contributed by atoms with Crippen LogP contribution in [-0.2, 0) is 5.41 Å². The number of rotatable bonds is 15. The molecule has 0 spiro atoms. The first-order chi connectivity index (χ1) is 19.7. The third kappa shape index (κ3) is 6.38. The third-order valence-corrected chi connectivity index (χ3v) is 7.97. The molecule has 11 heteroatoms. The number of hydrogen-bond acceptors (Lipinski definition) is 10. The smallest absolute Gasteiger partial charge is 0.242 e. The summed E-state index contributed by atoms with van der Waals surface area (Å²) in [4.78, 5) is 11.6. The van der Waals surface area contributed by atoms with Crippen molar-refractivity contribution in [3.8, 4) is 40.6 Å². The van der Waals surface area contributed by atoms with Crippen molar-refractivity contribution in [2.24, 2.45) is 5.92 Å². The molecule has 0 aromatic heterocycles. The van der Waals surface area contributed by atoms with Crippen molar-refractivity contribution in [2.75, 3.05) is 35.0 Å². The minimum absolute atomic E-state index is 0.0142. The second-order valence-electron chi connectivity index (χ2n) is 10.0. The van der Waals surface area contributed by atoms with Crippen molar-refractivity contribution in [2.45, 2.75) is 69.6 Å². The van der Waals surface area contributed by atoms with Gasteiger partial charge in [-0.1, -0.05) is 38.8 Å². The molecule has 11 nitrogen and oxygen atoms in total. The summed E-state index contributed by atoms with van der Waals surface area (Å²) in [6.07, 6.45) is -0.608. The summed E-state index contributed by atoms with van der Waals surface area (Å²) in [5.41, 5.74) is -0.677. The number of aliphatic hydroxyl groups excluding tert-OH is 1. The molecule has 2 aromatic carbocycles. The molecule has 0 bridgehead atoms. The maximum atomic E-state index is 12.1. The lowest BCUT2D eigenvalue weighted by Crippen LogP contribution is -2.42. The fraction of sp³-hybridized carbons (Fsp3) is 0.567. The quantitative estimate of drug-likeness (QED) is 0.230. The molecule has 4 unspecified atom stereocenters. The summed E-state index contributed by atoms with van der Waals surface area (Å²) in [5, 5.41) is 34.1. The number of fused-ring (bicyclic) bond motifs is 1. The van der Waals surface area contributed by atoms with Gasteiger partial charge in [-0.25, -0.2) is 0 Å². The second kappa shape index (κ2) is 14.1. The van der Waals surface area contributed by atoms with Gasteiger partial charge in [0, 0.05) is 10.5 Å². The molecule has 41 heavy (non-hydrogen) atoms. The highest BCUT2D eigenvalue weighted by atomic mass is 16.6. The SMILES string of the molecule is CCC(CC)C(C#N)(CCC(O)C(CC1COc2ccccc2O1)[N+](=O)[O-])c1cc(OC)c(OC)c(OC)c1OC. The zero-order chi connectivity index (χ0) is 30.2. The molecular formula is C30H40N2O9. The molecule has 4 atom stereocenters. The summed E-state index contributed by atoms with van der Waals surface area (Å²) in [5.74, 6) is 2.16. The van der Waals surface area contributed by atoms with Crippen LogP contribution in [0.1, 0.15) is 51.5 Å². The Balaban J connectivity index is 1.97. The fourth-order valence-corrected chi connectivity index (χ4v) is 5.82. The largest absolute Gasteiger partial charge is 0.493 e. The van der Waals surface area contributed by atoms with Crippen LogP contribution >= 0.6 is 0 Å². The van der Waals surface area contributed by atoms with E-state index in [0.29, 0.717) is 47.2 Å². The number of ether oxygens (including phenoxy) is 6. The van der Waals surface area contributed by atoms with Crippen molar-refractivity contribution in [1.29, 1.82) is 5.26 Å². The molecule has 3 rings (SSSR count). The summed E-state index contributed by atoms with van der Waals surface area (Å²) < 4.78 is 34.1. The first-order valence-corrected chi connectivity index (χ1v) is 13.7. The lowest BCUT2D eigenvalue weighted by molar-refractivity contribution is -0.537. The molecule has 0 aliphatic carbocycles. The zero-order valence-electron chi connectivity index (χ0n) is 24.5. The predicted octanol–water partition coefficient (Wildman–Crippen LogP) is 4.94. The van der Waals surface area contributed by atoms with Gasteiger partial charge in [0.25, 0.3) is 0 Å². The van der Waals surface area contributed by atoms with E-state index in [0.717, 1.165) is 0 Å². The summed E-state index contributed by atoms with van der Waals surface area (Å²) in [6.45, 7) is 4.10.